The molecular formula is C31H24O11. The summed E-state index contributed by atoms with van der Waals surface area (Å²) >= 11 is 0. The summed E-state index contributed by atoms with van der Waals surface area (Å²) in [5, 5.41) is 55.8. The number of allylic oxidation sites excluding steroid dienone is 3. The van der Waals surface area contributed by atoms with E-state index in [1.165, 1.54) is 30.4 Å². The molecule has 1 spiro atoms. The maximum Gasteiger partial charge on any atom is 0.358 e. The summed E-state index contributed by atoms with van der Waals surface area (Å²) in [6.45, 7) is 1.67. The number of ether oxygens (including phenoxy) is 2. The number of carbonyl (C=O) groups excluding carboxylic acids is 4. The van der Waals surface area contributed by atoms with Crippen LogP contribution in [0.3, 0.4) is 0 Å². The van der Waals surface area contributed by atoms with Gasteiger partial charge in [-0.25, -0.2) is 4.79 Å². The number of hydrogen-bond donors (Lipinski definition) is 5. The number of carbonyl (C=O) groups is 4. The second-order valence-electron chi connectivity index (χ2n) is 11.3. The molecule has 0 saturated heterocycles. The largest absolute Gasteiger partial charge is 0.507 e. The summed E-state index contributed by atoms with van der Waals surface area (Å²) in [4.78, 5) is 54.1. The Kier molecular flexibility index (Phi) is 5.02. The topological polar surface area (TPSA) is 188 Å². The van der Waals surface area contributed by atoms with Crippen LogP contribution in [0.1, 0.15) is 56.9 Å². The SMILES string of the molecule is COC(=O)[C@]12Oc3cc4c(c(O)c3C(O)=C1C(=O)CC[C@@H]2O)[C@H]1C=C[C@@]2(C4)C(=O)c3cc(C)cc(O)c3C(O)=C2C1=O. The number of phenolic OH excluding ortho intramolecular Hbond substituents is 2. The van der Waals surface area contributed by atoms with Crippen LogP contribution in [0.5, 0.6) is 17.2 Å². The summed E-state index contributed by atoms with van der Waals surface area (Å²) in [6, 6.07) is 4.22. The molecule has 5 aliphatic carbocycles. The van der Waals surface area contributed by atoms with Crippen LogP contribution >= 0.6 is 0 Å². The Balaban J connectivity index is 1.50. The Morgan fingerprint density at radius 3 is 2.45 bits per heavy atom. The van der Waals surface area contributed by atoms with Crippen LogP contribution in [0.15, 0.2) is 41.5 Å². The van der Waals surface area contributed by atoms with Gasteiger partial charge < -0.3 is 35.0 Å². The summed E-state index contributed by atoms with van der Waals surface area (Å²) in [5.74, 6) is -6.91. The third kappa shape index (κ3) is 2.83. The van der Waals surface area contributed by atoms with Gasteiger partial charge in [-0.05, 0) is 49.1 Å². The molecule has 1 fully saturated rings. The standard InChI is InChI=1S/C31H24O11/c1-11-7-14-20(16(33)8-11)26(37)23-24(35)13-5-6-30(23,28(14)39)10-12-9-17-21(25(36)19(12)13)27(38)22-15(32)3-4-18(34)31(22,42-17)29(40)41-2/h5-9,13,18,33-34,36-38H,3-4,10H2,1-2H3/t13-,18+,30+,31-/m1/s1. The fraction of sp³-hybridized carbons (Fsp3) is 0.290. The van der Waals surface area contributed by atoms with Gasteiger partial charge >= 0.3 is 5.97 Å². The number of aliphatic hydroxyl groups is 3. The second-order valence-corrected chi connectivity index (χ2v) is 11.3. The van der Waals surface area contributed by atoms with Crippen molar-refractivity contribution in [2.45, 2.75) is 43.8 Å². The third-order valence-corrected chi connectivity index (χ3v) is 9.10. The Morgan fingerprint density at radius 2 is 1.74 bits per heavy atom. The number of aryl methyl sites for hydroxylation is 1. The number of rotatable bonds is 1. The molecule has 2 aromatic rings. The maximum atomic E-state index is 14.1. The van der Waals surface area contributed by atoms with Crippen molar-refractivity contribution in [1.82, 2.24) is 0 Å². The predicted octanol–water partition coefficient (Wildman–Crippen LogP) is 2.63. The average molecular weight is 573 g/mol. The molecule has 0 unspecified atom stereocenters. The lowest BCUT2D eigenvalue weighted by molar-refractivity contribution is -0.169. The molecule has 0 aromatic heterocycles. The summed E-state index contributed by atoms with van der Waals surface area (Å²) in [6.07, 6.45) is 0.757. The lowest BCUT2D eigenvalue weighted by atomic mass is 9.62. The molecule has 11 heteroatoms. The van der Waals surface area contributed by atoms with Gasteiger partial charge in [-0.3, -0.25) is 14.4 Å². The lowest BCUT2D eigenvalue weighted by Crippen LogP contribution is -2.61. The van der Waals surface area contributed by atoms with Gasteiger partial charge in [0.25, 0.3) is 5.60 Å². The number of aromatic hydroxyl groups is 2. The number of benzene rings is 2. The first-order valence-electron chi connectivity index (χ1n) is 13.3. The van der Waals surface area contributed by atoms with Gasteiger partial charge in [0.1, 0.15) is 40.4 Å². The highest BCUT2D eigenvalue weighted by Gasteiger charge is 2.62. The molecule has 214 valence electrons. The number of methoxy groups -OCH3 is 1. The maximum absolute atomic E-state index is 14.1. The van der Waals surface area contributed by atoms with Crippen LogP contribution in [0.4, 0.5) is 0 Å². The van der Waals surface area contributed by atoms with Gasteiger partial charge in [-0.2, -0.15) is 0 Å². The summed E-state index contributed by atoms with van der Waals surface area (Å²) in [5.41, 5.74) is -4.61. The minimum atomic E-state index is -2.41. The van der Waals surface area contributed by atoms with Gasteiger partial charge in [0.05, 0.1) is 35.2 Å². The molecule has 1 aliphatic heterocycles. The first kappa shape index (κ1) is 26.0. The van der Waals surface area contributed by atoms with E-state index >= 15 is 0 Å². The average Bonchev–Trinajstić information content (AvgIpc) is 3.16. The lowest BCUT2D eigenvalue weighted by Gasteiger charge is -2.43. The molecule has 8 rings (SSSR count). The van der Waals surface area contributed by atoms with E-state index < -0.39 is 69.2 Å². The summed E-state index contributed by atoms with van der Waals surface area (Å²) < 4.78 is 10.9. The smallest absolute Gasteiger partial charge is 0.358 e. The van der Waals surface area contributed by atoms with Crippen molar-refractivity contribution in [3.8, 4) is 17.2 Å². The van der Waals surface area contributed by atoms with E-state index in [0.717, 1.165) is 7.11 Å². The van der Waals surface area contributed by atoms with Crippen LogP contribution in [-0.2, 0) is 25.5 Å². The fourth-order valence-electron chi connectivity index (χ4n) is 7.28. The molecule has 2 bridgehead atoms. The molecule has 4 atom stereocenters. The van der Waals surface area contributed by atoms with Crippen molar-refractivity contribution in [3.63, 3.8) is 0 Å². The quantitative estimate of drug-likeness (QED) is 0.250. The van der Waals surface area contributed by atoms with E-state index in [-0.39, 0.29) is 64.2 Å². The van der Waals surface area contributed by atoms with Crippen LogP contribution < -0.4 is 4.74 Å². The van der Waals surface area contributed by atoms with E-state index in [0.29, 0.717) is 5.56 Å². The number of ketones is 3. The minimum Gasteiger partial charge on any atom is -0.507 e. The van der Waals surface area contributed by atoms with Crippen molar-refractivity contribution in [2.24, 2.45) is 5.41 Å². The molecule has 1 saturated carbocycles. The molecule has 0 radical (unpaired) electrons. The number of esters is 1. The molecule has 0 amide bonds. The fourth-order valence-corrected chi connectivity index (χ4v) is 7.28. The minimum absolute atomic E-state index is 0.0176. The molecule has 6 aliphatic rings. The monoisotopic (exact) mass is 572 g/mol. The highest BCUT2D eigenvalue weighted by atomic mass is 16.6. The molecule has 42 heavy (non-hydrogen) atoms. The summed E-state index contributed by atoms with van der Waals surface area (Å²) in [7, 11) is 1.03. The van der Waals surface area contributed by atoms with E-state index in [4.69, 9.17) is 9.47 Å². The molecule has 5 N–H and O–H groups in total. The van der Waals surface area contributed by atoms with E-state index in [2.05, 4.69) is 0 Å². The van der Waals surface area contributed by atoms with Crippen molar-refractivity contribution < 1.29 is 54.2 Å². The second kappa shape index (κ2) is 8.10. The van der Waals surface area contributed by atoms with Crippen LogP contribution in [-0.4, -0.2) is 67.7 Å². The first-order chi connectivity index (χ1) is 19.9. The van der Waals surface area contributed by atoms with Crippen molar-refractivity contribution in [1.29, 1.82) is 0 Å². The van der Waals surface area contributed by atoms with Crippen LogP contribution in [0.25, 0.3) is 11.5 Å². The van der Waals surface area contributed by atoms with Gasteiger partial charge in [-0.1, -0.05) is 12.2 Å². The van der Waals surface area contributed by atoms with Gasteiger partial charge in [-0.15, -0.1) is 0 Å². The van der Waals surface area contributed by atoms with E-state index in [1.54, 1.807) is 6.92 Å². The number of hydrogen-bond acceptors (Lipinski definition) is 11. The van der Waals surface area contributed by atoms with Gasteiger partial charge in [0.15, 0.2) is 17.3 Å². The van der Waals surface area contributed by atoms with E-state index in [9.17, 15) is 44.7 Å². The molecule has 2 aromatic carbocycles. The zero-order chi connectivity index (χ0) is 30.0. The Labute approximate surface area is 237 Å². The van der Waals surface area contributed by atoms with Crippen molar-refractivity contribution >= 4 is 34.8 Å². The highest BCUT2D eigenvalue weighted by Crippen LogP contribution is 2.59. The zero-order valence-electron chi connectivity index (χ0n) is 22.3. The number of phenols is 2. The Bertz CT molecular complexity index is 1830. The van der Waals surface area contributed by atoms with Crippen molar-refractivity contribution in [2.75, 3.05) is 7.11 Å². The van der Waals surface area contributed by atoms with Gasteiger partial charge in [0, 0.05) is 17.5 Å². The Morgan fingerprint density at radius 1 is 1.02 bits per heavy atom. The van der Waals surface area contributed by atoms with Crippen LogP contribution in [0, 0.1) is 12.3 Å². The molecule has 11 nitrogen and oxygen atoms in total. The highest BCUT2D eigenvalue weighted by molar-refractivity contribution is 6.23. The van der Waals surface area contributed by atoms with E-state index in [1.807, 2.05) is 0 Å². The third-order valence-electron chi connectivity index (χ3n) is 9.10. The zero-order valence-corrected chi connectivity index (χ0v) is 22.3. The predicted molar refractivity (Wildman–Crippen MR) is 143 cm³/mol. The number of aliphatic hydroxyl groups excluding tert-OH is 3. The number of fused-ring (bicyclic) bond motifs is 3. The normalized spacial score (nSPS) is 28.8. The van der Waals surface area contributed by atoms with Gasteiger partial charge in [0.2, 0.25) is 0 Å². The van der Waals surface area contributed by atoms with Crippen molar-refractivity contribution in [3.05, 3.63) is 74.9 Å². The first-order valence-corrected chi connectivity index (χ1v) is 13.3. The Hall–Kier alpha value is -4.90. The molecular weight excluding hydrogens is 548 g/mol. The molecule has 1 heterocycles. The number of Topliss-reactive ketones (excluding diaryl/α,β-unsaturated/α-hetero) is 3. The van der Waals surface area contributed by atoms with Crippen LogP contribution in [0.2, 0.25) is 0 Å².